The zero-order valence-corrected chi connectivity index (χ0v) is 8.29. The van der Waals surface area contributed by atoms with Crippen molar-refractivity contribution in [2.45, 2.75) is 20.3 Å². The SMILES string of the molecule is Cc1cc(C)cc(NC(=O)CC#N)c1. The first-order chi connectivity index (χ1) is 6.61. The van der Waals surface area contributed by atoms with Gasteiger partial charge in [0.15, 0.2) is 0 Å². The summed E-state index contributed by atoms with van der Waals surface area (Å²) in [5, 5.41) is 11.0. The minimum absolute atomic E-state index is 0.104. The Bertz CT molecular complexity index is 371. The molecule has 3 nitrogen and oxygen atoms in total. The molecule has 0 aliphatic rings. The summed E-state index contributed by atoms with van der Waals surface area (Å²) in [6, 6.07) is 7.59. The van der Waals surface area contributed by atoms with Gasteiger partial charge in [-0.05, 0) is 37.1 Å². The normalized spacial score (nSPS) is 9.21. The number of nitrogens with one attached hydrogen (secondary N) is 1. The average molecular weight is 188 g/mol. The van der Waals surface area contributed by atoms with Gasteiger partial charge < -0.3 is 5.32 Å². The third-order valence-corrected chi connectivity index (χ3v) is 1.75. The van der Waals surface area contributed by atoms with E-state index in [0.29, 0.717) is 0 Å². The molecule has 3 heteroatoms. The summed E-state index contributed by atoms with van der Waals surface area (Å²) in [6.07, 6.45) is -0.104. The Kier molecular flexibility index (Phi) is 3.24. The molecule has 1 N–H and O–H groups in total. The molecule has 0 saturated heterocycles. The topological polar surface area (TPSA) is 52.9 Å². The van der Waals surface area contributed by atoms with Crippen LogP contribution < -0.4 is 5.32 Å². The number of nitrogens with zero attached hydrogens (tertiary/aromatic N) is 1. The Morgan fingerprint density at radius 2 is 1.93 bits per heavy atom. The molecule has 0 heterocycles. The van der Waals surface area contributed by atoms with E-state index < -0.39 is 0 Å². The standard InChI is InChI=1S/C11H12N2O/c1-8-5-9(2)7-10(6-8)13-11(14)3-4-12/h5-7H,3H2,1-2H3,(H,13,14). The molecule has 1 aromatic carbocycles. The van der Waals surface area contributed by atoms with Gasteiger partial charge in [0, 0.05) is 5.69 Å². The third-order valence-electron chi connectivity index (χ3n) is 1.75. The van der Waals surface area contributed by atoms with E-state index >= 15 is 0 Å². The summed E-state index contributed by atoms with van der Waals surface area (Å²) in [4.78, 5) is 11.1. The second kappa shape index (κ2) is 4.43. The van der Waals surface area contributed by atoms with Gasteiger partial charge in [-0.25, -0.2) is 0 Å². The fraction of sp³-hybridized carbons (Fsp3) is 0.273. The Morgan fingerprint density at radius 1 is 1.36 bits per heavy atom. The second-order valence-corrected chi connectivity index (χ2v) is 3.26. The average Bonchev–Trinajstić information content (AvgIpc) is 2.01. The van der Waals surface area contributed by atoms with Crippen LogP contribution in [0.15, 0.2) is 18.2 Å². The van der Waals surface area contributed by atoms with Crippen LogP contribution in [0.1, 0.15) is 17.5 Å². The first-order valence-corrected chi connectivity index (χ1v) is 4.37. The van der Waals surface area contributed by atoms with Crippen molar-refractivity contribution < 1.29 is 4.79 Å². The van der Waals surface area contributed by atoms with E-state index in [-0.39, 0.29) is 12.3 Å². The summed E-state index contributed by atoms with van der Waals surface area (Å²) in [6.45, 7) is 3.93. The van der Waals surface area contributed by atoms with Gasteiger partial charge in [-0.2, -0.15) is 5.26 Å². The van der Waals surface area contributed by atoms with Crippen LogP contribution in [-0.2, 0) is 4.79 Å². The molecule has 72 valence electrons. The van der Waals surface area contributed by atoms with Gasteiger partial charge >= 0.3 is 0 Å². The van der Waals surface area contributed by atoms with Crippen LogP contribution in [0, 0.1) is 25.2 Å². The van der Waals surface area contributed by atoms with Gasteiger partial charge in [-0.15, -0.1) is 0 Å². The molecule has 0 radical (unpaired) electrons. The number of aryl methyl sites for hydroxylation is 2. The molecule has 0 unspecified atom stereocenters. The summed E-state index contributed by atoms with van der Waals surface area (Å²) in [5.74, 6) is -0.266. The molecule has 0 saturated carbocycles. The minimum Gasteiger partial charge on any atom is -0.325 e. The highest BCUT2D eigenvalue weighted by molar-refractivity contribution is 5.92. The molecular weight excluding hydrogens is 176 g/mol. The highest BCUT2D eigenvalue weighted by Crippen LogP contribution is 2.13. The van der Waals surface area contributed by atoms with Gasteiger partial charge in [-0.1, -0.05) is 6.07 Å². The van der Waals surface area contributed by atoms with Crippen molar-refractivity contribution in [3.8, 4) is 6.07 Å². The molecule has 1 amide bonds. The molecule has 0 spiro atoms. The molecule has 0 aliphatic carbocycles. The van der Waals surface area contributed by atoms with Gasteiger partial charge in [0.1, 0.15) is 6.42 Å². The number of hydrogen-bond donors (Lipinski definition) is 1. The molecule has 14 heavy (non-hydrogen) atoms. The number of nitriles is 1. The quantitative estimate of drug-likeness (QED) is 0.773. The minimum atomic E-state index is -0.266. The van der Waals surface area contributed by atoms with Crippen molar-refractivity contribution >= 4 is 11.6 Å². The maximum atomic E-state index is 11.1. The fourth-order valence-electron chi connectivity index (χ4n) is 1.32. The molecule has 0 fully saturated rings. The maximum Gasteiger partial charge on any atom is 0.238 e. The first kappa shape index (κ1) is 10.3. The lowest BCUT2D eigenvalue weighted by molar-refractivity contribution is -0.115. The van der Waals surface area contributed by atoms with Crippen LogP contribution in [0.4, 0.5) is 5.69 Å². The zero-order chi connectivity index (χ0) is 10.6. The van der Waals surface area contributed by atoms with Crippen molar-refractivity contribution in [1.82, 2.24) is 0 Å². The van der Waals surface area contributed by atoms with E-state index in [9.17, 15) is 4.79 Å². The summed E-state index contributed by atoms with van der Waals surface area (Å²) in [5.41, 5.74) is 2.94. The molecule has 0 aliphatic heterocycles. The summed E-state index contributed by atoms with van der Waals surface area (Å²) in [7, 11) is 0. The summed E-state index contributed by atoms with van der Waals surface area (Å²) >= 11 is 0. The van der Waals surface area contributed by atoms with Crippen LogP contribution in [-0.4, -0.2) is 5.91 Å². The Labute approximate surface area is 83.4 Å². The number of benzene rings is 1. The van der Waals surface area contributed by atoms with E-state index in [4.69, 9.17) is 5.26 Å². The van der Waals surface area contributed by atoms with Crippen LogP contribution >= 0.6 is 0 Å². The van der Waals surface area contributed by atoms with Crippen molar-refractivity contribution in [1.29, 1.82) is 5.26 Å². The molecule has 1 rings (SSSR count). The monoisotopic (exact) mass is 188 g/mol. The highest BCUT2D eigenvalue weighted by atomic mass is 16.1. The number of anilines is 1. The summed E-state index contributed by atoms with van der Waals surface area (Å²) < 4.78 is 0. The number of carbonyl (C=O) groups excluding carboxylic acids is 1. The van der Waals surface area contributed by atoms with Gasteiger partial charge in [0.05, 0.1) is 6.07 Å². The van der Waals surface area contributed by atoms with Gasteiger partial charge in [-0.3, -0.25) is 4.79 Å². The molecule has 0 atom stereocenters. The number of carbonyl (C=O) groups is 1. The molecule has 1 aromatic rings. The Balaban J connectivity index is 2.77. The lowest BCUT2D eigenvalue weighted by Crippen LogP contribution is -2.10. The molecular formula is C11H12N2O. The van der Waals surface area contributed by atoms with E-state index in [1.165, 1.54) is 0 Å². The number of amides is 1. The second-order valence-electron chi connectivity index (χ2n) is 3.26. The third kappa shape index (κ3) is 2.91. The van der Waals surface area contributed by atoms with Crippen molar-refractivity contribution in [2.75, 3.05) is 5.32 Å². The number of hydrogen-bond acceptors (Lipinski definition) is 2. The van der Waals surface area contributed by atoms with E-state index in [1.54, 1.807) is 6.07 Å². The van der Waals surface area contributed by atoms with E-state index in [1.807, 2.05) is 32.0 Å². The maximum absolute atomic E-state index is 11.1. The fourth-order valence-corrected chi connectivity index (χ4v) is 1.32. The van der Waals surface area contributed by atoms with Crippen LogP contribution in [0.25, 0.3) is 0 Å². The van der Waals surface area contributed by atoms with E-state index in [2.05, 4.69) is 5.32 Å². The van der Waals surface area contributed by atoms with Crippen LogP contribution in [0.3, 0.4) is 0 Å². The Morgan fingerprint density at radius 3 is 2.43 bits per heavy atom. The lowest BCUT2D eigenvalue weighted by Gasteiger charge is -2.05. The smallest absolute Gasteiger partial charge is 0.238 e. The van der Waals surface area contributed by atoms with Crippen molar-refractivity contribution in [2.24, 2.45) is 0 Å². The lowest BCUT2D eigenvalue weighted by atomic mass is 10.1. The largest absolute Gasteiger partial charge is 0.325 e. The molecule has 0 bridgehead atoms. The first-order valence-electron chi connectivity index (χ1n) is 4.37. The van der Waals surface area contributed by atoms with Crippen LogP contribution in [0.5, 0.6) is 0 Å². The van der Waals surface area contributed by atoms with Crippen LogP contribution in [0.2, 0.25) is 0 Å². The van der Waals surface area contributed by atoms with Gasteiger partial charge in [0.25, 0.3) is 0 Å². The number of rotatable bonds is 2. The Hall–Kier alpha value is -1.82. The zero-order valence-electron chi connectivity index (χ0n) is 8.29. The van der Waals surface area contributed by atoms with Gasteiger partial charge in [0.2, 0.25) is 5.91 Å². The van der Waals surface area contributed by atoms with Crippen molar-refractivity contribution in [3.05, 3.63) is 29.3 Å². The van der Waals surface area contributed by atoms with Crippen molar-refractivity contribution in [3.63, 3.8) is 0 Å². The highest BCUT2D eigenvalue weighted by Gasteiger charge is 2.01. The predicted octanol–water partition coefficient (Wildman–Crippen LogP) is 2.16. The predicted molar refractivity (Wildman–Crippen MR) is 54.8 cm³/mol. The van der Waals surface area contributed by atoms with E-state index in [0.717, 1.165) is 16.8 Å². The molecule has 0 aromatic heterocycles.